The molecule has 0 aliphatic heterocycles. The predicted octanol–water partition coefficient (Wildman–Crippen LogP) is 0.962. The summed E-state index contributed by atoms with van der Waals surface area (Å²) in [6, 6.07) is 0. The van der Waals surface area contributed by atoms with E-state index < -0.39 is 0 Å². The van der Waals surface area contributed by atoms with Crippen LogP contribution in [0.4, 0.5) is 0 Å². The van der Waals surface area contributed by atoms with Crippen LogP contribution in [0.15, 0.2) is 0 Å². The molecule has 3 nitrogen and oxygen atoms in total. The second kappa shape index (κ2) is 4.60. The lowest BCUT2D eigenvalue weighted by molar-refractivity contribution is 0.132. The Morgan fingerprint density at radius 3 is 2.07 bits per heavy atom. The smallest absolute Gasteiger partial charge is 0.0126 e. The Morgan fingerprint density at radius 1 is 1.07 bits per heavy atom. The van der Waals surface area contributed by atoms with Gasteiger partial charge in [-0.3, -0.25) is 0 Å². The summed E-state index contributed by atoms with van der Waals surface area (Å²) in [4.78, 5) is 0. The van der Waals surface area contributed by atoms with Crippen LogP contribution in [-0.2, 0) is 0 Å². The first-order valence-electron chi connectivity index (χ1n) is 5.73. The first-order valence-corrected chi connectivity index (χ1v) is 5.73. The molecule has 0 atom stereocenters. The van der Waals surface area contributed by atoms with Crippen molar-refractivity contribution in [3.63, 3.8) is 0 Å². The third kappa shape index (κ3) is 2.94. The molecule has 3 heteroatoms. The van der Waals surface area contributed by atoms with Crippen molar-refractivity contribution in [1.82, 2.24) is 0 Å². The van der Waals surface area contributed by atoms with Crippen molar-refractivity contribution in [3.8, 4) is 0 Å². The largest absolute Gasteiger partial charge is 0.330 e. The van der Waals surface area contributed by atoms with Crippen molar-refractivity contribution in [2.24, 2.45) is 22.6 Å². The van der Waals surface area contributed by atoms with Gasteiger partial charge < -0.3 is 17.2 Å². The Hall–Kier alpha value is -0.120. The van der Waals surface area contributed by atoms with E-state index in [9.17, 15) is 0 Å². The number of nitrogens with two attached hydrogens (primary N) is 3. The Bertz CT molecular complexity index is 167. The van der Waals surface area contributed by atoms with Crippen molar-refractivity contribution in [3.05, 3.63) is 0 Å². The number of hydrogen-bond acceptors (Lipinski definition) is 3. The highest BCUT2D eigenvalue weighted by Gasteiger charge is 2.36. The summed E-state index contributed by atoms with van der Waals surface area (Å²) >= 11 is 0. The van der Waals surface area contributed by atoms with Gasteiger partial charge in [0, 0.05) is 5.54 Å². The third-order valence-electron chi connectivity index (χ3n) is 3.80. The molecule has 0 unspecified atom stereocenters. The summed E-state index contributed by atoms with van der Waals surface area (Å²) in [6.45, 7) is 3.72. The first kappa shape index (κ1) is 12.0. The molecule has 6 N–H and O–H groups in total. The van der Waals surface area contributed by atoms with Crippen LogP contribution in [0.5, 0.6) is 0 Å². The van der Waals surface area contributed by atoms with E-state index in [1.165, 1.54) is 19.3 Å². The summed E-state index contributed by atoms with van der Waals surface area (Å²) in [6.07, 6.45) is 6.84. The van der Waals surface area contributed by atoms with Crippen LogP contribution in [-0.4, -0.2) is 18.6 Å². The molecule has 0 aromatic heterocycles. The highest BCUT2D eigenvalue weighted by atomic mass is 14.7. The lowest BCUT2D eigenvalue weighted by Gasteiger charge is -2.43. The molecule has 0 aromatic carbocycles. The average Bonchev–Trinajstić information content (AvgIpc) is 2.18. The van der Waals surface area contributed by atoms with Crippen LogP contribution in [0.2, 0.25) is 0 Å². The van der Waals surface area contributed by atoms with Crippen LogP contribution in [0.25, 0.3) is 0 Å². The Morgan fingerprint density at radius 2 is 1.64 bits per heavy atom. The summed E-state index contributed by atoms with van der Waals surface area (Å²) in [5.74, 6) is 0. The van der Waals surface area contributed by atoms with Gasteiger partial charge in [-0.2, -0.15) is 0 Å². The van der Waals surface area contributed by atoms with Gasteiger partial charge >= 0.3 is 0 Å². The molecule has 1 saturated carbocycles. The van der Waals surface area contributed by atoms with E-state index in [-0.39, 0.29) is 5.54 Å². The van der Waals surface area contributed by atoms with Crippen LogP contribution in [0.3, 0.4) is 0 Å². The Labute approximate surface area is 87.4 Å². The van der Waals surface area contributed by atoms with Crippen LogP contribution in [0.1, 0.15) is 45.4 Å². The van der Waals surface area contributed by atoms with Crippen molar-refractivity contribution in [1.29, 1.82) is 0 Å². The minimum atomic E-state index is 0.0430. The fourth-order valence-corrected chi connectivity index (χ4v) is 2.38. The normalized spacial score (nSPS) is 38.6. The zero-order valence-electron chi connectivity index (χ0n) is 9.39. The molecular formula is C11H25N3. The molecule has 0 aromatic rings. The molecule has 1 fully saturated rings. The molecule has 84 valence electrons. The molecule has 0 amide bonds. The van der Waals surface area contributed by atoms with Crippen LogP contribution < -0.4 is 17.2 Å². The Kier molecular flexibility index (Phi) is 3.93. The van der Waals surface area contributed by atoms with E-state index in [1.54, 1.807) is 0 Å². The van der Waals surface area contributed by atoms with Gasteiger partial charge in [0.15, 0.2) is 0 Å². The van der Waals surface area contributed by atoms with Crippen molar-refractivity contribution >= 4 is 0 Å². The predicted molar refractivity (Wildman–Crippen MR) is 60.8 cm³/mol. The summed E-state index contributed by atoms with van der Waals surface area (Å²) < 4.78 is 0. The van der Waals surface area contributed by atoms with E-state index in [0.717, 1.165) is 32.4 Å². The first-order chi connectivity index (χ1) is 6.54. The summed E-state index contributed by atoms with van der Waals surface area (Å²) in [5, 5.41) is 0. The van der Waals surface area contributed by atoms with E-state index in [4.69, 9.17) is 17.2 Å². The molecule has 0 bridgehead atoms. The molecule has 1 aliphatic rings. The number of hydrogen-bond donors (Lipinski definition) is 3. The van der Waals surface area contributed by atoms with Crippen LogP contribution >= 0.6 is 0 Å². The zero-order valence-corrected chi connectivity index (χ0v) is 9.39. The van der Waals surface area contributed by atoms with Crippen molar-refractivity contribution in [2.75, 3.05) is 13.1 Å². The minimum absolute atomic E-state index is 0.0430. The molecule has 14 heavy (non-hydrogen) atoms. The second-order valence-corrected chi connectivity index (χ2v) is 5.25. The fraction of sp³-hybridized carbons (Fsp3) is 1.00. The van der Waals surface area contributed by atoms with E-state index in [1.807, 2.05) is 0 Å². The molecule has 1 aliphatic carbocycles. The van der Waals surface area contributed by atoms with Gasteiger partial charge in [0.25, 0.3) is 0 Å². The van der Waals surface area contributed by atoms with Gasteiger partial charge in [-0.15, -0.1) is 0 Å². The van der Waals surface area contributed by atoms with Crippen molar-refractivity contribution in [2.45, 2.75) is 51.0 Å². The van der Waals surface area contributed by atoms with Crippen LogP contribution in [0, 0.1) is 5.41 Å². The maximum absolute atomic E-state index is 6.12. The molecule has 0 saturated heterocycles. The lowest BCUT2D eigenvalue weighted by Crippen LogP contribution is -2.46. The fourth-order valence-electron chi connectivity index (χ4n) is 2.38. The molecular weight excluding hydrogens is 174 g/mol. The van der Waals surface area contributed by atoms with E-state index in [0.29, 0.717) is 5.41 Å². The van der Waals surface area contributed by atoms with Gasteiger partial charge in [0.1, 0.15) is 0 Å². The van der Waals surface area contributed by atoms with Gasteiger partial charge in [0.05, 0.1) is 0 Å². The molecule has 0 radical (unpaired) electrons. The third-order valence-corrected chi connectivity index (χ3v) is 3.80. The summed E-state index contributed by atoms with van der Waals surface area (Å²) in [5.41, 5.74) is 17.9. The minimum Gasteiger partial charge on any atom is -0.330 e. The van der Waals surface area contributed by atoms with E-state index >= 15 is 0 Å². The molecule has 0 heterocycles. The second-order valence-electron chi connectivity index (χ2n) is 5.25. The number of rotatable bonds is 4. The highest BCUT2D eigenvalue weighted by Crippen LogP contribution is 2.42. The van der Waals surface area contributed by atoms with Gasteiger partial charge in [-0.05, 0) is 64.0 Å². The maximum atomic E-state index is 6.12. The lowest BCUT2D eigenvalue weighted by atomic mass is 9.66. The Balaban J connectivity index is 2.48. The molecule has 1 rings (SSSR count). The quantitative estimate of drug-likeness (QED) is 0.631. The average molecular weight is 199 g/mol. The van der Waals surface area contributed by atoms with Crippen molar-refractivity contribution < 1.29 is 0 Å². The maximum Gasteiger partial charge on any atom is 0.0126 e. The standard InChI is InChI=1S/C11H25N3/c1-10(14)4-6-11(9-13,7-5-10)3-2-8-12/h2-9,12-14H2,1H3. The summed E-state index contributed by atoms with van der Waals surface area (Å²) in [7, 11) is 0. The van der Waals surface area contributed by atoms with E-state index in [2.05, 4.69) is 6.92 Å². The monoisotopic (exact) mass is 199 g/mol. The topological polar surface area (TPSA) is 78.1 Å². The van der Waals surface area contributed by atoms with Gasteiger partial charge in [-0.1, -0.05) is 0 Å². The molecule has 0 spiro atoms. The van der Waals surface area contributed by atoms with Gasteiger partial charge in [0.2, 0.25) is 0 Å². The zero-order chi connectivity index (χ0) is 10.7. The highest BCUT2D eigenvalue weighted by molar-refractivity contribution is 4.93. The van der Waals surface area contributed by atoms with Gasteiger partial charge in [-0.25, -0.2) is 0 Å². The SMILES string of the molecule is CC1(N)CCC(CN)(CCCN)CC1.